The van der Waals surface area contributed by atoms with Crippen LogP contribution in [-0.4, -0.2) is 202 Å². The van der Waals surface area contributed by atoms with Crippen LogP contribution in [0, 0.1) is 103 Å². The molecular formula is C92H99ClN24O18Y4-8. The SMILES string of the molecule is O=C(O)CC1CCN(c2nc3ccccc3[n+]([O-])n2)CC1.O=C(O)CC1CCNCC1.[CH-]=C(N)C(=[CH-])C(=O)OC.[CH-]=C(NC(=O)CC1CCN(c2nc3ccccc3[n+]([O-])n2)CC1)C(=[CH-])C(=O)O.[CH-]=C(NC(=O)CC1CCN(c2nc3ccccc3[n+]([O-])n2)CC1)C(=[CH-])C(C)=O.[CH-]=C(NC(=O)CC1CCN(c2nnc3ccccc3n2)CC1)C(=[CH-])C(=O)O.[O-][n+]1nc(Cl)nc2ccccc21.[Y].[Y].[Y].[Y]. The standard InChI is InChI=1S/C20H21N5O3.C19H19N5O4.C19H19N5O3.C14H16N4O3.C7H4ClN3O.C7H13NO2.C6H7NO2.4Y/c1-13(15(3)26)14(2)21-19(27)12-16-8-10-24(11-9-16)20-22-17-6-4-5-7-18(17)25(28)23-20;1-12(18(26)27)13(2)20-17(25)11-14-7-9-23(10-8-14)19-21-15-5-3-4-6-16(15)24(28)22-19;1-12(18(26)27)13(2)20-17(25)11-14-7-9-24(10-8-14)19-21-15-5-3-4-6-16(15)22-23-19;19-13(20)9-10-5-7-17(8-6-10)14-15-11-3-1-2-4-12(11)18(21)16-14;8-7-9-5-3-1-2-4-6(5)11(12)10-7;9-7(10)5-6-1-3-8-4-2-6;1-4(5(2)7)6(8)9-3;;;;/h1-2,4-7,16H,8-12H2,3H3,(H,21,27);1-6,14H,7-11H2,(H,20,25)(H,26,27);1-6,14H,7-11H2,(H,20,25)(H,26,27);1-4,10H,5-9H2,(H,19,20);1-4H;6,8H,1-5H2,(H,9,10);1-2H,7H2,3H3;;;;/q3*-2;;;;-2;;;;. The second-order valence-corrected chi connectivity index (χ2v) is 31.9. The average Bonchev–Trinajstić information content (AvgIpc) is 0.808. The van der Waals surface area contributed by atoms with Crippen molar-refractivity contribution in [2.75, 3.05) is 92.2 Å². The number of nitrogens with two attached hydrogens (primary N) is 1. The van der Waals surface area contributed by atoms with Gasteiger partial charge < -0.3 is 164 Å². The Kier molecular flexibility index (Phi) is 49.9. The van der Waals surface area contributed by atoms with Gasteiger partial charge in [-0.1, -0.05) is 67.6 Å². The number of halogens is 1. The maximum Gasteiger partial charge on any atom is 0.303 e. The molecule has 0 atom stereocenters. The number of rotatable bonds is 25. The number of ketones is 1. The van der Waals surface area contributed by atoms with E-state index in [0.29, 0.717) is 165 Å². The number of hydrogen-bond acceptors (Lipinski definition) is 31. The third-order valence-electron chi connectivity index (χ3n) is 21.9. The van der Waals surface area contributed by atoms with Crippen molar-refractivity contribution < 1.29 is 219 Å². The molecule has 5 aliphatic rings. The average molecular weight is 2220 g/mol. The Bertz CT molecular complexity index is 5960. The number of methoxy groups -OCH3 is 1. The van der Waals surface area contributed by atoms with Crippen LogP contribution in [0.1, 0.15) is 103 Å². The minimum Gasteiger partial charge on any atom is -0.594 e. The van der Waals surface area contributed by atoms with Gasteiger partial charge in [0.15, 0.2) is 0 Å². The zero-order valence-electron chi connectivity index (χ0n) is 76.0. The van der Waals surface area contributed by atoms with Crippen LogP contribution in [0.5, 0.6) is 0 Å². The molecule has 5 fully saturated rings. The van der Waals surface area contributed by atoms with Crippen molar-refractivity contribution >= 4 is 144 Å². The van der Waals surface area contributed by atoms with Crippen molar-refractivity contribution in [3.05, 3.63) is 245 Å². The second kappa shape index (κ2) is 58.7. The Morgan fingerprint density at radius 2 is 0.669 bits per heavy atom. The van der Waals surface area contributed by atoms with Gasteiger partial charge in [0, 0.05) is 245 Å². The Labute approximate surface area is 905 Å². The molecule has 47 heteroatoms. The van der Waals surface area contributed by atoms with E-state index in [-0.39, 0.29) is 237 Å². The van der Waals surface area contributed by atoms with Gasteiger partial charge in [-0.3, -0.25) is 46.3 Å². The Hall–Kier alpha value is -11.3. The molecule has 0 unspecified atom stereocenters. The van der Waals surface area contributed by atoms with E-state index in [4.69, 9.17) is 90.4 Å². The predicted molar refractivity (Wildman–Crippen MR) is 489 cm³/mol. The largest absolute Gasteiger partial charge is 0.594 e. The number of allylic oxidation sites excluding steroid dienone is 1. The third kappa shape index (κ3) is 37.0. The number of carboxylic acid groups (broad SMARTS) is 4. The fourth-order valence-electron chi connectivity index (χ4n) is 14.5. The number of anilines is 4. The number of aliphatic carboxylic acids is 4. The van der Waals surface area contributed by atoms with Crippen LogP contribution in [0.15, 0.2) is 166 Å². The first-order chi connectivity index (χ1) is 64.4. The number of aromatic nitrogens is 15. The summed E-state index contributed by atoms with van der Waals surface area (Å²) in [5.74, 6) is -3.54. The number of amides is 3. The molecule has 15 rings (SSSR count). The van der Waals surface area contributed by atoms with Gasteiger partial charge in [0.2, 0.25) is 23.7 Å². The maximum atomic E-state index is 12.1. The summed E-state index contributed by atoms with van der Waals surface area (Å²) in [5, 5.41) is 116. The minimum absolute atomic E-state index is 0. The molecule has 5 saturated heterocycles. The summed E-state index contributed by atoms with van der Waals surface area (Å²) in [6, 6.07) is 35.5. The van der Waals surface area contributed by atoms with E-state index >= 15 is 0 Å². The van der Waals surface area contributed by atoms with E-state index < -0.39 is 46.8 Å². The summed E-state index contributed by atoms with van der Waals surface area (Å²) in [5.41, 5.74) is 7.92. The number of nitrogens with one attached hydrogen (secondary N) is 4. The number of hydrogen-bond donors (Lipinski definition) is 9. The van der Waals surface area contributed by atoms with Gasteiger partial charge in [-0.25, -0.2) is 47.7 Å². The van der Waals surface area contributed by atoms with Gasteiger partial charge in [0.25, 0.3) is 45.2 Å². The van der Waals surface area contributed by atoms with Gasteiger partial charge in [-0.05, 0) is 180 Å². The first-order valence-corrected chi connectivity index (χ1v) is 42.9. The quantitative estimate of drug-likeness (QED) is 0.00836. The molecule has 139 heavy (non-hydrogen) atoms. The second-order valence-electron chi connectivity index (χ2n) is 31.5. The maximum absolute atomic E-state index is 12.1. The fraction of sp³-hybridized carbons (Fsp3) is 0.348. The molecule has 10 aromatic rings. The van der Waals surface area contributed by atoms with Gasteiger partial charge in [0.05, 0.1) is 27.9 Å². The number of carboxylic acids is 4. The first-order valence-electron chi connectivity index (χ1n) is 42.5. The molecule has 0 spiro atoms. The summed E-state index contributed by atoms with van der Waals surface area (Å²) < 4.78 is 4.19. The van der Waals surface area contributed by atoms with Crippen LogP contribution in [-0.2, 0) is 179 Å². The molecule has 0 aliphatic carbocycles. The predicted octanol–water partition coefficient (Wildman–Crippen LogP) is 5.62. The molecular weight excluding hydrogens is 2120 g/mol. The number of fused-ring (bicyclic) bond motifs is 5. The van der Waals surface area contributed by atoms with Crippen LogP contribution < -0.4 is 66.0 Å². The van der Waals surface area contributed by atoms with Crippen LogP contribution >= 0.6 is 11.6 Å². The number of nitrogens with zero attached hydrogens (tertiary/aromatic N) is 19. The van der Waals surface area contributed by atoms with E-state index in [9.17, 15) is 64.0 Å². The van der Waals surface area contributed by atoms with Crippen LogP contribution in [0.4, 0.5) is 23.8 Å². The molecule has 5 aliphatic heterocycles. The molecule has 42 nitrogen and oxygen atoms in total. The smallest absolute Gasteiger partial charge is 0.303 e. The van der Waals surface area contributed by atoms with Crippen molar-refractivity contribution in [1.82, 2.24) is 76.8 Å². The number of Topliss-reactive ketones (excluding diaryl/α,β-unsaturated/α-hetero) is 1. The summed E-state index contributed by atoms with van der Waals surface area (Å²) in [6.45, 7) is 51.1. The summed E-state index contributed by atoms with van der Waals surface area (Å²) >= 11 is 5.48. The van der Waals surface area contributed by atoms with Gasteiger partial charge in [-0.15, -0.1) is 10.2 Å². The summed E-state index contributed by atoms with van der Waals surface area (Å²) in [7, 11) is 1.19. The van der Waals surface area contributed by atoms with Crippen LogP contribution in [0.25, 0.3) is 55.2 Å². The van der Waals surface area contributed by atoms with Crippen molar-refractivity contribution in [3.63, 3.8) is 0 Å². The van der Waals surface area contributed by atoms with Gasteiger partial charge in [0.1, 0.15) is 45.5 Å². The molecule has 10 heterocycles. The van der Waals surface area contributed by atoms with Crippen molar-refractivity contribution in [1.29, 1.82) is 0 Å². The topological polar surface area (TPSA) is 580 Å². The van der Waals surface area contributed by atoms with Gasteiger partial charge >= 0.3 is 11.9 Å². The van der Waals surface area contributed by atoms with E-state index in [1.54, 1.807) is 84.9 Å². The molecule has 10 N–H and O–H groups in total. The molecule has 3 amide bonds. The summed E-state index contributed by atoms with van der Waals surface area (Å²) in [4.78, 5) is 132. The number of benzene rings is 5. The molecule has 5 aromatic carbocycles. The third-order valence-corrected chi connectivity index (χ3v) is 22.1. The molecule has 5 aromatic heterocycles. The van der Waals surface area contributed by atoms with Gasteiger partial charge in [-0.2, -0.15) is 0 Å². The van der Waals surface area contributed by atoms with Crippen molar-refractivity contribution in [2.24, 2.45) is 35.3 Å². The fourth-order valence-corrected chi connectivity index (χ4v) is 14.7. The van der Waals surface area contributed by atoms with E-state index in [2.05, 4.69) is 81.5 Å². The Balaban J connectivity index is 0.000000295. The zero-order chi connectivity index (χ0) is 98.1. The minimum atomic E-state index is -1.39. The first kappa shape index (κ1) is 118. The number of ether oxygens (including phenoxy) is 1. The number of esters is 1. The van der Waals surface area contributed by atoms with E-state index in [0.717, 1.165) is 75.5 Å². The van der Waals surface area contributed by atoms with Crippen LogP contribution in [0.2, 0.25) is 5.28 Å². The molecule has 0 bridgehead atoms. The van der Waals surface area contributed by atoms with E-state index in [1.165, 1.54) is 14.0 Å². The number of carbonyl (C=O) groups is 9. The Morgan fingerprint density at radius 1 is 0.396 bits per heavy atom. The van der Waals surface area contributed by atoms with Crippen molar-refractivity contribution in [3.8, 4) is 0 Å². The monoisotopic (exact) mass is 2220 g/mol. The zero-order valence-corrected chi connectivity index (χ0v) is 88.1. The van der Waals surface area contributed by atoms with Crippen LogP contribution in [0.3, 0.4) is 0 Å². The number of piperidine rings is 5. The summed E-state index contributed by atoms with van der Waals surface area (Å²) in [6.07, 6.45) is 9.31. The Morgan fingerprint density at radius 3 is 0.971 bits per heavy atom. The number of para-hydroxylation sites is 9. The molecule has 0 saturated carbocycles. The normalized spacial score (nSPS) is 14.2. The number of carbonyl (C=O) groups excluding carboxylic acids is 5. The molecule has 722 valence electrons. The molecule has 4 radical (unpaired) electrons. The van der Waals surface area contributed by atoms with Crippen molar-refractivity contribution in [2.45, 2.75) is 103 Å². The van der Waals surface area contributed by atoms with E-state index in [1.807, 2.05) is 56.0 Å².